The molecule has 2 fully saturated rings. The van der Waals surface area contributed by atoms with E-state index in [-0.39, 0.29) is 45.2 Å². The molecular weight excluding hydrogens is 1470 g/mol. The first kappa shape index (κ1) is 95.2. The third-order valence-electron chi connectivity index (χ3n) is 17.0. The van der Waals surface area contributed by atoms with Crippen molar-refractivity contribution in [2.24, 2.45) is 23.5 Å². The van der Waals surface area contributed by atoms with Crippen molar-refractivity contribution in [3.05, 3.63) is 0 Å². The van der Waals surface area contributed by atoms with Crippen LogP contribution in [0.25, 0.3) is 0 Å². The molecule has 0 aromatic heterocycles. The van der Waals surface area contributed by atoms with E-state index in [1.807, 2.05) is 0 Å². The first-order chi connectivity index (χ1) is 51.6. The van der Waals surface area contributed by atoms with E-state index in [0.29, 0.717) is 6.42 Å². The second-order valence-corrected chi connectivity index (χ2v) is 26.6. The number of nitrogens with one attached hydrogen (secondary N) is 15. The van der Waals surface area contributed by atoms with Crippen molar-refractivity contribution in [3.8, 4) is 0 Å². The second-order valence-electron chi connectivity index (χ2n) is 26.6. The summed E-state index contributed by atoms with van der Waals surface area (Å²) in [6, 6.07) is -19.3. The molecule has 0 radical (unpaired) electrons. The van der Waals surface area contributed by atoms with Crippen LogP contribution in [0.15, 0.2) is 0 Å². The van der Waals surface area contributed by atoms with Gasteiger partial charge in [-0.1, -0.05) is 48.0 Å². The Labute approximate surface area is 629 Å². The lowest BCUT2D eigenvalue weighted by molar-refractivity contribution is -0.144. The maximum absolute atomic E-state index is 14.4. The van der Waals surface area contributed by atoms with Crippen molar-refractivity contribution in [3.63, 3.8) is 0 Å². The zero-order valence-corrected chi connectivity index (χ0v) is 61.8. The molecule has 2 saturated heterocycles. The Morgan fingerprint density at radius 2 is 0.827 bits per heavy atom. The summed E-state index contributed by atoms with van der Waals surface area (Å²) >= 11 is 0. The van der Waals surface area contributed by atoms with E-state index >= 15 is 0 Å². The molecule has 2 aliphatic rings. The molecule has 25 N–H and O–H groups in total. The predicted molar refractivity (Wildman–Crippen MR) is 373 cm³/mol. The van der Waals surface area contributed by atoms with Gasteiger partial charge >= 0.3 is 17.9 Å². The molecule has 0 aromatic carbocycles. The van der Waals surface area contributed by atoms with Gasteiger partial charge in [-0.15, -0.1) is 0 Å². The van der Waals surface area contributed by atoms with Crippen LogP contribution in [0.3, 0.4) is 0 Å². The summed E-state index contributed by atoms with van der Waals surface area (Å²) in [4.78, 5) is 262. The number of hydrogen-bond donors (Lipinski definition) is 24. The Morgan fingerprint density at radius 1 is 0.400 bits per heavy atom. The van der Waals surface area contributed by atoms with Crippen LogP contribution in [0, 0.1) is 17.8 Å². The first-order valence-corrected chi connectivity index (χ1v) is 35.1. The van der Waals surface area contributed by atoms with Gasteiger partial charge in [0.2, 0.25) is 100 Å². The molecule has 0 aromatic rings. The molecule has 0 unspecified atom stereocenters. The molecule has 0 spiro atoms. The number of rotatable bonds is 48. The Hall–Kier alpha value is -10.8. The molecule has 2 aliphatic heterocycles. The minimum Gasteiger partial charge on any atom is -0.481 e. The summed E-state index contributed by atoms with van der Waals surface area (Å²) in [7, 11) is 0. The lowest BCUT2D eigenvalue weighted by atomic mass is 9.96. The van der Waals surface area contributed by atoms with Gasteiger partial charge in [0.05, 0.1) is 71.7 Å². The average Bonchev–Trinajstić information content (AvgIpc) is 1.64. The van der Waals surface area contributed by atoms with Crippen LogP contribution >= 0.6 is 0 Å². The van der Waals surface area contributed by atoms with Gasteiger partial charge in [-0.25, -0.2) is 0 Å². The maximum atomic E-state index is 14.4. The molecule has 2 rings (SSSR count). The number of carbonyl (C=O) groups excluding carboxylic acids is 17. The fourth-order valence-corrected chi connectivity index (χ4v) is 10.8. The number of carboxylic acids is 3. The third kappa shape index (κ3) is 32.5. The van der Waals surface area contributed by atoms with E-state index in [4.69, 9.17) is 15.9 Å². The van der Waals surface area contributed by atoms with Gasteiger partial charge in [0.25, 0.3) is 0 Å². The Morgan fingerprint density at radius 3 is 1.31 bits per heavy atom. The summed E-state index contributed by atoms with van der Waals surface area (Å²) in [6.07, 6.45) is -3.47. The van der Waals surface area contributed by atoms with E-state index in [1.165, 1.54) is 20.8 Å². The lowest BCUT2D eigenvalue weighted by Crippen LogP contribution is -2.62. The van der Waals surface area contributed by atoms with Crippen LogP contribution in [-0.4, -0.2) is 326 Å². The Bertz CT molecular complexity index is 3310. The van der Waals surface area contributed by atoms with Gasteiger partial charge in [0, 0.05) is 19.5 Å². The van der Waals surface area contributed by atoms with Gasteiger partial charge in [-0.2, -0.15) is 0 Å². The highest BCUT2D eigenvalue weighted by Crippen LogP contribution is 2.22. The highest BCUT2D eigenvalue weighted by atomic mass is 16.4. The number of nitrogens with two attached hydrogens (primary N) is 1. The van der Waals surface area contributed by atoms with E-state index in [9.17, 15) is 127 Å². The predicted octanol–water partition coefficient (Wildman–Crippen LogP) is -13.1. The number of carbonyl (C=O) groups is 20. The summed E-state index contributed by atoms with van der Waals surface area (Å²) in [5.74, 6) is -23.9. The van der Waals surface area contributed by atoms with Gasteiger partial charge in [-0.05, 0) is 63.2 Å². The molecule has 0 saturated carbocycles. The number of hydrogen-bond acceptors (Lipinski definition) is 26. The van der Waals surface area contributed by atoms with Crippen molar-refractivity contribution >= 4 is 118 Å². The average molecular weight is 1570 g/mol. The summed E-state index contributed by atoms with van der Waals surface area (Å²) in [6.45, 7) is 1.75. The fraction of sp³-hybridized carbons (Fsp3) is 0.688. The van der Waals surface area contributed by atoms with Crippen LogP contribution < -0.4 is 85.5 Å². The second kappa shape index (κ2) is 47.8. The van der Waals surface area contributed by atoms with Crippen molar-refractivity contribution in [2.45, 2.75) is 185 Å². The molecule has 618 valence electrons. The van der Waals surface area contributed by atoms with Crippen molar-refractivity contribution in [2.75, 3.05) is 78.8 Å². The highest BCUT2D eigenvalue weighted by molar-refractivity contribution is 6.01. The number of nitrogens with zero attached hydrogens (tertiary/aromatic N) is 2. The summed E-state index contributed by atoms with van der Waals surface area (Å²) < 4.78 is 0. The van der Waals surface area contributed by atoms with Crippen molar-refractivity contribution in [1.29, 1.82) is 0 Å². The molecule has 46 nitrogen and oxygen atoms in total. The van der Waals surface area contributed by atoms with Crippen LogP contribution in [0.5, 0.6) is 0 Å². The zero-order chi connectivity index (χ0) is 83.4. The van der Waals surface area contributed by atoms with Gasteiger partial charge < -0.3 is 136 Å². The van der Waals surface area contributed by atoms with E-state index in [1.54, 1.807) is 20.8 Å². The number of amides is 17. The first-order valence-electron chi connectivity index (χ1n) is 35.1. The lowest BCUT2D eigenvalue weighted by Gasteiger charge is -2.32. The fourth-order valence-electron chi connectivity index (χ4n) is 10.8. The SMILES string of the molecule is CC[C@H](C)[C@H](NC(=O)[C@H](CCC(=O)O)NC(=O)CNC(=O)CNC(=O)CNC(=O)[C@@H](N)CO)C(=O)N[C@@H](CC(C)C)C(=O)N[C@@H](CC(=O)O)C(=O)N[C@H](C(=O)N1CCC[C@H]1C(=O)N[C@@H](CO)C(=O)N[C@H](C(=O)NCC(=O)NCC(=O)N[C@@H](CO)C(=O)N[C@@H](CO)C(=O)N1CCC[C@H]1C(=O)NCC(=O)O)[C@@H](C)O)C(C)C. The topological polar surface area (TPSA) is 716 Å². The zero-order valence-electron chi connectivity index (χ0n) is 61.8. The number of aliphatic carboxylic acids is 3. The summed E-state index contributed by atoms with van der Waals surface area (Å²) in [5.41, 5.74) is 5.35. The molecule has 2 heterocycles. The third-order valence-corrected chi connectivity index (χ3v) is 17.0. The van der Waals surface area contributed by atoms with Crippen LogP contribution in [-0.2, 0) is 95.9 Å². The number of aliphatic hydroxyl groups is 5. The van der Waals surface area contributed by atoms with Gasteiger partial charge in [0.1, 0.15) is 79.0 Å². The van der Waals surface area contributed by atoms with Gasteiger partial charge in [-0.3, -0.25) is 95.9 Å². The van der Waals surface area contributed by atoms with E-state index in [0.717, 1.165) is 16.7 Å². The Kier molecular flexibility index (Phi) is 41.4. The molecule has 0 bridgehead atoms. The quantitative estimate of drug-likeness (QED) is 0.0269. The van der Waals surface area contributed by atoms with Crippen LogP contribution in [0.4, 0.5) is 0 Å². The van der Waals surface area contributed by atoms with Crippen molar-refractivity contribution < 1.29 is 137 Å². The number of aliphatic hydroxyl groups excluding tert-OH is 5. The van der Waals surface area contributed by atoms with Gasteiger partial charge in [0.15, 0.2) is 0 Å². The standard InChI is InChI=1S/C64H104N18O28/c1-8-31(6)51(79-54(100)34(13-14-47(93)94)72-45(91)22-67-42(88)19-66-43(89)20-69-53(99)33(65)25-83)62(108)75-35(17-29(2)3)55(101)74-36(18-48(95)96)56(102)78-50(30(4)5)64(110)82-16-10-12-41(82)60(106)76-38(27-85)58(104)80-52(32(7)87)61(107)70-21-44(90)68-23-46(92)73-37(26-84)57(103)77-39(28-86)63(109)81-15-9-11-40(81)59(105)71-24-49(97)98/h29-41,50-52,83-87H,8-28,65H2,1-7H3,(H,66,89)(H,67,88)(H,68,90)(H,69,99)(H,70,107)(H,71,105)(H,72,91)(H,73,92)(H,74,101)(H,75,108)(H,76,106)(H,77,103)(H,78,102)(H,79,100)(H,80,104)(H,93,94)(H,95,96)(H,97,98)/t31-,32+,33-,34-,35-,36-,37-,38-,39-,40-,41-,50-,51-,52-/m0/s1. The Balaban J connectivity index is 2.16. The van der Waals surface area contributed by atoms with Crippen molar-refractivity contribution in [1.82, 2.24) is 89.6 Å². The smallest absolute Gasteiger partial charge is 0.322 e. The minimum absolute atomic E-state index is 0.00708. The normalized spacial score (nSPS) is 17.1. The minimum atomic E-state index is -1.96. The molecule has 110 heavy (non-hydrogen) atoms. The molecule has 17 amide bonds. The largest absolute Gasteiger partial charge is 0.481 e. The summed E-state index contributed by atoms with van der Waals surface area (Å²) in [5, 5.41) is 111. The van der Waals surface area contributed by atoms with Crippen LogP contribution in [0.2, 0.25) is 0 Å². The molecule has 46 heteroatoms. The van der Waals surface area contributed by atoms with E-state index in [2.05, 4.69) is 79.8 Å². The molecular formula is C64H104N18O28. The highest BCUT2D eigenvalue weighted by Gasteiger charge is 2.43. The van der Waals surface area contributed by atoms with Crippen LogP contribution in [0.1, 0.15) is 106 Å². The maximum Gasteiger partial charge on any atom is 0.322 e. The number of carboxylic acid groups (broad SMARTS) is 3. The molecule has 14 atom stereocenters. The monoisotopic (exact) mass is 1570 g/mol. The van der Waals surface area contributed by atoms with E-state index < -0.39 is 300 Å². The molecule has 0 aliphatic carbocycles. The number of likely N-dealkylation sites (tertiary alicyclic amines) is 2.